The molecule has 0 saturated carbocycles. The summed E-state index contributed by atoms with van der Waals surface area (Å²) in [6.45, 7) is 14.4. The number of unbranched alkanes of at least 4 members (excludes halogenated alkanes) is 3. The molecule has 0 heteroatoms. The normalized spacial score (nSPS) is 16.1. The van der Waals surface area contributed by atoms with Gasteiger partial charge in [0.1, 0.15) is 0 Å². The minimum Gasteiger partial charge on any atom is -0.0654 e. The summed E-state index contributed by atoms with van der Waals surface area (Å²) in [6, 6.07) is 0. The molecule has 0 nitrogen and oxygen atoms in total. The molecule has 0 aromatic carbocycles. The van der Waals surface area contributed by atoms with E-state index in [4.69, 9.17) is 0 Å². The van der Waals surface area contributed by atoms with Crippen molar-refractivity contribution in [3.8, 4) is 0 Å². The number of hydrogen-bond donors (Lipinski definition) is 0. The smallest absolute Gasteiger partial charge is 0.0391 e. The Balaban J connectivity index is 3.89. The van der Waals surface area contributed by atoms with Crippen molar-refractivity contribution in [2.24, 2.45) is 23.7 Å². The Labute approximate surface area is 136 Å². The zero-order valence-corrected chi connectivity index (χ0v) is 16.1. The fourth-order valence-electron chi connectivity index (χ4n) is 3.84. The molecule has 0 amide bonds. The van der Waals surface area contributed by atoms with Crippen LogP contribution in [-0.4, -0.2) is 0 Å². The molecule has 128 valence electrons. The van der Waals surface area contributed by atoms with Crippen LogP contribution < -0.4 is 0 Å². The standard InChI is InChI=1S/C21H44/c1-7-10-11-15-19(6)20(9-3)16-12-13-17-21(14-8-2)18(4)5/h18-21H,7-17H2,1-6H3. The van der Waals surface area contributed by atoms with Crippen molar-refractivity contribution in [1.82, 2.24) is 0 Å². The van der Waals surface area contributed by atoms with Crippen LogP contribution in [0.1, 0.15) is 112 Å². The highest BCUT2D eigenvalue weighted by atomic mass is 14.2. The second kappa shape index (κ2) is 13.6. The zero-order valence-electron chi connectivity index (χ0n) is 16.1. The van der Waals surface area contributed by atoms with Crippen LogP contribution in [0.25, 0.3) is 0 Å². The number of hydrogen-bond acceptors (Lipinski definition) is 0. The molecule has 0 spiro atoms. The van der Waals surface area contributed by atoms with Gasteiger partial charge in [0.2, 0.25) is 0 Å². The summed E-state index contributed by atoms with van der Waals surface area (Å²) in [5, 5.41) is 0. The van der Waals surface area contributed by atoms with Gasteiger partial charge in [-0.25, -0.2) is 0 Å². The Morgan fingerprint density at radius 3 is 1.62 bits per heavy atom. The van der Waals surface area contributed by atoms with Crippen LogP contribution in [-0.2, 0) is 0 Å². The lowest BCUT2D eigenvalue weighted by atomic mass is 9.82. The van der Waals surface area contributed by atoms with Crippen LogP contribution in [0.3, 0.4) is 0 Å². The lowest BCUT2D eigenvalue weighted by Gasteiger charge is -2.24. The Hall–Kier alpha value is 0. The van der Waals surface area contributed by atoms with Crippen molar-refractivity contribution in [2.45, 2.75) is 112 Å². The maximum atomic E-state index is 2.50. The van der Waals surface area contributed by atoms with E-state index in [1.807, 2.05) is 0 Å². The highest BCUT2D eigenvalue weighted by molar-refractivity contribution is 4.68. The van der Waals surface area contributed by atoms with Crippen molar-refractivity contribution in [3.63, 3.8) is 0 Å². The van der Waals surface area contributed by atoms with Gasteiger partial charge in [0.25, 0.3) is 0 Å². The van der Waals surface area contributed by atoms with Gasteiger partial charge >= 0.3 is 0 Å². The molecule has 0 aromatic rings. The Morgan fingerprint density at radius 2 is 1.14 bits per heavy atom. The molecule has 0 aromatic heterocycles. The fourth-order valence-corrected chi connectivity index (χ4v) is 3.84. The lowest BCUT2D eigenvalue weighted by Crippen LogP contribution is -2.12. The van der Waals surface area contributed by atoms with Crippen molar-refractivity contribution in [3.05, 3.63) is 0 Å². The second-order valence-corrected chi connectivity index (χ2v) is 7.72. The first-order valence-corrected chi connectivity index (χ1v) is 10.1. The van der Waals surface area contributed by atoms with Gasteiger partial charge in [-0.3, -0.25) is 0 Å². The summed E-state index contributed by atoms with van der Waals surface area (Å²) in [5.41, 5.74) is 0. The Kier molecular flexibility index (Phi) is 13.6. The summed E-state index contributed by atoms with van der Waals surface area (Å²) < 4.78 is 0. The Morgan fingerprint density at radius 1 is 0.571 bits per heavy atom. The average molecular weight is 297 g/mol. The molecule has 0 N–H and O–H groups in total. The average Bonchev–Trinajstić information content (AvgIpc) is 2.46. The molecule has 21 heavy (non-hydrogen) atoms. The lowest BCUT2D eigenvalue weighted by molar-refractivity contribution is 0.277. The molecule has 3 unspecified atom stereocenters. The first-order chi connectivity index (χ1) is 10.1. The predicted octanol–water partition coefficient (Wildman–Crippen LogP) is 7.86. The van der Waals surface area contributed by atoms with Gasteiger partial charge in [0, 0.05) is 0 Å². The third-order valence-electron chi connectivity index (χ3n) is 5.59. The van der Waals surface area contributed by atoms with E-state index in [2.05, 4.69) is 41.5 Å². The topological polar surface area (TPSA) is 0 Å². The van der Waals surface area contributed by atoms with Gasteiger partial charge in [-0.1, -0.05) is 112 Å². The van der Waals surface area contributed by atoms with Gasteiger partial charge in [-0.15, -0.1) is 0 Å². The summed E-state index contributed by atoms with van der Waals surface area (Å²) in [7, 11) is 0. The van der Waals surface area contributed by atoms with Gasteiger partial charge in [-0.2, -0.15) is 0 Å². The highest BCUT2D eigenvalue weighted by Crippen LogP contribution is 2.28. The minimum atomic E-state index is 0.875. The molecule has 0 radical (unpaired) electrons. The van der Waals surface area contributed by atoms with E-state index in [1.165, 1.54) is 70.6 Å². The van der Waals surface area contributed by atoms with Gasteiger partial charge in [-0.05, 0) is 23.7 Å². The molecule has 0 aliphatic heterocycles. The number of rotatable bonds is 14. The molecule has 0 aliphatic rings. The molecular weight excluding hydrogens is 252 g/mol. The van der Waals surface area contributed by atoms with Crippen molar-refractivity contribution < 1.29 is 0 Å². The second-order valence-electron chi connectivity index (χ2n) is 7.72. The van der Waals surface area contributed by atoms with Crippen LogP contribution in [0.4, 0.5) is 0 Å². The van der Waals surface area contributed by atoms with Gasteiger partial charge in [0.05, 0.1) is 0 Å². The maximum absolute atomic E-state index is 2.50. The van der Waals surface area contributed by atoms with Crippen LogP contribution in [0.5, 0.6) is 0 Å². The third kappa shape index (κ3) is 10.4. The molecule has 0 aliphatic carbocycles. The third-order valence-corrected chi connectivity index (χ3v) is 5.59. The van der Waals surface area contributed by atoms with E-state index in [1.54, 1.807) is 0 Å². The first-order valence-electron chi connectivity index (χ1n) is 10.1. The molecular formula is C21H44. The van der Waals surface area contributed by atoms with Crippen molar-refractivity contribution >= 4 is 0 Å². The molecule has 0 bridgehead atoms. The van der Waals surface area contributed by atoms with Gasteiger partial charge in [0.15, 0.2) is 0 Å². The van der Waals surface area contributed by atoms with Crippen LogP contribution >= 0.6 is 0 Å². The van der Waals surface area contributed by atoms with E-state index in [9.17, 15) is 0 Å². The van der Waals surface area contributed by atoms with E-state index in [0.717, 1.165) is 23.7 Å². The summed E-state index contributed by atoms with van der Waals surface area (Å²) in [6.07, 6.45) is 15.7. The Bertz CT molecular complexity index is 206. The van der Waals surface area contributed by atoms with Gasteiger partial charge < -0.3 is 0 Å². The zero-order chi connectivity index (χ0) is 16.1. The molecule has 3 atom stereocenters. The van der Waals surface area contributed by atoms with Crippen LogP contribution in [0.15, 0.2) is 0 Å². The molecule has 0 fully saturated rings. The first kappa shape index (κ1) is 21.0. The van der Waals surface area contributed by atoms with Crippen LogP contribution in [0, 0.1) is 23.7 Å². The largest absolute Gasteiger partial charge is 0.0654 e. The van der Waals surface area contributed by atoms with E-state index in [0.29, 0.717) is 0 Å². The fraction of sp³-hybridized carbons (Fsp3) is 1.00. The molecule has 0 rings (SSSR count). The van der Waals surface area contributed by atoms with E-state index < -0.39 is 0 Å². The van der Waals surface area contributed by atoms with E-state index in [-0.39, 0.29) is 0 Å². The van der Waals surface area contributed by atoms with Crippen molar-refractivity contribution in [2.75, 3.05) is 0 Å². The molecule has 0 heterocycles. The minimum absolute atomic E-state index is 0.875. The highest BCUT2D eigenvalue weighted by Gasteiger charge is 2.16. The SMILES string of the molecule is CCCCCC(C)C(CC)CCCCC(CCC)C(C)C. The summed E-state index contributed by atoms with van der Waals surface area (Å²) in [4.78, 5) is 0. The summed E-state index contributed by atoms with van der Waals surface area (Å²) in [5.74, 6) is 3.76. The van der Waals surface area contributed by atoms with Crippen molar-refractivity contribution in [1.29, 1.82) is 0 Å². The van der Waals surface area contributed by atoms with E-state index >= 15 is 0 Å². The maximum Gasteiger partial charge on any atom is -0.0391 e. The molecule has 0 saturated heterocycles. The van der Waals surface area contributed by atoms with Crippen LogP contribution in [0.2, 0.25) is 0 Å². The monoisotopic (exact) mass is 296 g/mol. The summed E-state index contributed by atoms with van der Waals surface area (Å²) >= 11 is 0. The quantitative estimate of drug-likeness (QED) is 0.286. The predicted molar refractivity (Wildman–Crippen MR) is 98.8 cm³/mol.